The molecular weight excluding hydrogens is 366 g/mol. The number of nitrogens with zero attached hydrogens (tertiary/aromatic N) is 6. The van der Waals surface area contributed by atoms with E-state index in [1.165, 1.54) is 0 Å². The normalized spacial score (nSPS) is 17.3. The number of carbonyl (C=O) groups excluding carboxylic acids is 1. The Morgan fingerprint density at radius 3 is 2.96 bits per heavy atom. The van der Waals surface area contributed by atoms with Gasteiger partial charge < -0.3 is 14.8 Å². The van der Waals surface area contributed by atoms with Crippen molar-refractivity contribution >= 4 is 17.5 Å². The molecule has 0 aliphatic carbocycles. The summed E-state index contributed by atoms with van der Waals surface area (Å²) in [6.07, 6.45) is 3.63. The minimum atomic E-state index is -0.151. The van der Waals surface area contributed by atoms with Gasteiger partial charge in [-0.25, -0.2) is 9.67 Å². The van der Waals surface area contributed by atoms with E-state index in [-0.39, 0.29) is 11.9 Å². The molecule has 0 saturated carbocycles. The number of amides is 1. The standard InChI is InChI=1S/C18H20ClN7O/c1-12-16(22-23-26(12)14-5-3-4-13(19)10-14)18(27)25-9-6-20-11-15(25)17-21-7-8-24(17)2/h3-5,7-8,10,15,20H,6,9,11H2,1-2H3. The Hall–Kier alpha value is -2.71. The van der Waals surface area contributed by atoms with Gasteiger partial charge in [-0.15, -0.1) is 5.10 Å². The first-order valence-corrected chi connectivity index (χ1v) is 9.11. The quantitative estimate of drug-likeness (QED) is 0.742. The molecule has 1 aromatic carbocycles. The Kier molecular flexibility index (Phi) is 4.67. The molecule has 27 heavy (non-hydrogen) atoms. The Morgan fingerprint density at radius 2 is 2.22 bits per heavy atom. The summed E-state index contributed by atoms with van der Waals surface area (Å²) in [4.78, 5) is 19.5. The predicted octanol–water partition coefficient (Wildman–Crippen LogP) is 1.75. The van der Waals surface area contributed by atoms with Gasteiger partial charge in [0, 0.05) is 44.1 Å². The molecule has 3 heterocycles. The number of aromatic nitrogens is 5. The zero-order chi connectivity index (χ0) is 19.0. The maximum Gasteiger partial charge on any atom is 0.277 e. The second-order valence-corrected chi connectivity index (χ2v) is 6.97. The fourth-order valence-electron chi connectivity index (χ4n) is 3.39. The lowest BCUT2D eigenvalue weighted by molar-refractivity contribution is 0.0614. The third kappa shape index (κ3) is 3.22. The molecule has 1 atom stereocenters. The van der Waals surface area contributed by atoms with Gasteiger partial charge in [-0.1, -0.05) is 22.9 Å². The molecule has 1 fully saturated rings. The van der Waals surface area contributed by atoms with Gasteiger partial charge in [0.15, 0.2) is 5.69 Å². The number of rotatable bonds is 3. The number of carbonyl (C=O) groups is 1. The smallest absolute Gasteiger partial charge is 0.277 e. The van der Waals surface area contributed by atoms with E-state index in [4.69, 9.17) is 11.6 Å². The number of hydrogen-bond donors (Lipinski definition) is 1. The topological polar surface area (TPSA) is 80.9 Å². The summed E-state index contributed by atoms with van der Waals surface area (Å²) >= 11 is 6.08. The van der Waals surface area contributed by atoms with Crippen molar-refractivity contribution in [2.75, 3.05) is 19.6 Å². The number of aryl methyl sites for hydroxylation is 1. The fraction of sp³-hybridized carbons (Fsp3) is 0.333. The first kappa shape index (κ1) is 17.7. The van der Waals surface area contributed by atoms with Crippen molar-refractivity contribution < 1.29 is 4.79 Å². The molecule has 2 aromatic heterocycles. The summed E-state index contributed by atoms with van der Waals surface area (Å²) in [5.41, 5.74) is 1.79. The van der Waals surface area contributed by atoms with Crippen LogP contribution in [0.25, 0.3) is 5.69 Å². The van der Waals surface area contributed by atoms with Crippen molar-refractivity contribution in [2.45, 2.75) is 13.0 Å². The summed E-state index contributed by atoms with van der Waals surface area (Å²) in [6.45, 7) is 3.80. The van der Waals surface area contributed by atoms with Crippen molar-refractivity contribution in [2.24, 2.45) is 7.05 Å². The number of benzene rings is 1. The van der Waals surface area contributed by atoms with Gasteiger partial charge in [0.2, 0.25) is 0 Å². The SMILES string of the molecule is Cc1c(C(=O)N2CCNCC2c2nccn2C)nnn1-c1cccc(Cl)c1. The molecule has 0 spiro atoms. The van der Waals surface area contributed by atoms with Gasteiger partial charge in [-0.3, -0.25) is 4.79 Å². The van der Waals surface area contributed by atoms with Crippen LogP contribution in [0.2, 0.25) is 5.02 Å². The second-order valence-electron chi connectivity index (χ2n) is 6.53. The average Bonchev–Trinajstić information content (AvgIpc) is 3.27. The zero-order valence-electron chi connectivity index (χ0n) is 15.1. The van der Waals surface area contributed by atoms with Gasteiger partial charge in [0.05, 0.1) is 11.4 Å². The van der Waals surface area contributed by atoms with E-state index < -0.39 is 0 Å². The van der Waals surface area contributed by atoms with E-state index in [0.29, 0.717) is 29.5 Å². The maximum absolute atomic E-state index is 13.3. The maximum atomic E-state index is 13.3. The molecule has 1 aliphatic rings. The van der Waals surface area contributed by atoms with Crippen LogP contribution in [0.15, 0.2) is 36.7 Å². The summed E-state index contributed by atoms with van der Waals surface area (Å²) < 4.78 is 3.57. The molecule has 1 unspecified atom stereocenters. The number of piperazine rings is 1. The first-order valence-electron chi connectivity index (χ1n) is 8.73. The third-order valence-corrected chi connectivity index (χ3v) is 5.05. The van der Waals surface area contributed by atoms with Crippen LogP contribution in [0.5, 0.6) is 0 Å². The van der Waals surface area contributed by atoms with E-state index in [0.717, 1.165) is 18.1 Å². The summed E-state index contributed by atoms with van der Waals surface area (Å²) in [5.74, 6) is 0.700. The summed E-state index contributed by atoms with van der Waals surface area (Å²) in [7, 11) is 1.93. The number of imidazole rings is 1. The molecule has 0 radical (unpaired) electrons. The summed E-state index contributed by atoms with van der Waals surface area (Å²) in [5, 5.41) is 12.3. The third-order valence-electron chi connectivity index (χ3n) is 4.81. The highest BCUT2D eigenvalue weighted by molar-refractivity contribution is 6.30. The highest BCUT2D eigenvalue weighted by Gasteiger charge is 2.33. The van der Waals surface area contributed by atoms with E-state index >= 15 is 0 Å². The number of nitrogens with one attached hydrogen (secondary N) is 1. The molecule has 3 aromatic rings. The molecular formula is C18H20ClN7O. The Morgan fingerprint density at radius 1 is 1.37 bits per heavy atom. The van der Waals surface area contributed by atoms with Crippen molar-refractivity contribution in [3.05, 3.63) is 58.9 Å². The second kappa shape index (κ2) is 7.13. The van der Waals surface area contributed by atoms with E-state index in [2.05, 4.69) is 20.6 Å². The van der Waals surface area contributed by atoms with Crippen molar-refractivity contribution in [3.63, 3.8) is 0 Å². The van der Waals surface area contributed by atoms with Gasteiger partial charge in [-0.2, -0.15) is 0 Å². The van der Waals surface area contributed by atoms with Gasteiger partial charge in [0.1, 0.15) is 11.9 Å². The van der Waals surface area contributed by atoms with Gasteiger partial charge >= 0.3 is 0 Å². The average molecular weight is 386 g/mol. The molecule has 4 rings (SSSR count). The Balaban J connectivity index is 1.67. The Bertz CT molecular complexity index is 980. The Labute approximate surface area is 161 Å². The molecule has 140 valence electrons. The number of halogens is 1. The molecule has 1 N–H and O–H groups in total. The van der Waals surface area contributed by atoms with Crippen LogP contribution in [0, 0.1) is 6.92 Å². The molecule has 9 heteroatoms. The van der Waals surface area contributed by atoms with E-state index in [9.17, 15) is 4.79 Å². The fourth-order valence-corrected chi connectivity index (χ4v) is 3.58. The van der Waals surface area contributed by atoms with Crippen LogP contribution in [0.3, 0.4) is 0 Å². The minimum Gasteiger partial charge on any atom is -0.336 e. The first-order chi connectivity index (χ1) is 13.1. The lowest BCUT2D eigenvalue weighted by atomic mass is 10.1. The molecule has 0 bridgehead atoms. The lowest BCUT2D eigenvalue weighted by Crippen LogP contribution is -2.49. The van der Waals surface area contributed by atoms with Gasteiger partial charge in [-0.05, 0) is 25.1 Å². The van der Waals surface area contributed by atoms with Crippen molar-refractivity contribution in [3.8, 4) is 5.69 Å². The molecule has 8 nitrogen and oxygen atoms in total. The zero-order valence-corrected chi connectivity index (χ0v) is 15.9. The lowest BCUT2D eigenvalue weighted by Gasteiger charge is -2.35. The van der Waals surface area contributed by atoms with Crippen LogP contribution >= 0.6 is 11.6 Å². The van der Waals surface area contributed by atoms with E-state index in [1.54, 1.807) is 23.0 Å². The number of hydrogen-bond acceptors (Lipinski definition) is 5. The van der Waals surface area contributed by atoms with Crippen molar-refractivity contribution in [1.29, 1.82) is 0 Å². The van der Waals surface area contributed by atoms with Gasteiger partial charge in [0.25, 0.3) is 5.91 Å². The molecule has 1 aliphatic heterocycles. The predicted molar refractivity (Wildman–Crippen MR) is 101 cm³/mol. The molecule has 1 saturated heterocycles. The van der Waals surface area contributed by atoms with Crippen LogP contribution in [0.1, 0.15) is 28.0 Å². The molecule has 1 amide bonds. The van der Waals surface area contributed by atoms with Crippen LogP contribution in [-0.2, 0) is 7.05 Å². The largest absolute Gasteiger partial charge is 0.336 e. The van der Waals surface area contributed by atoms with Crippen LogP contribution < -0.4 is 5.32 Å². The van der Waals surface area contributed by atoms with Crippen LogP contribution in [-0.4, -0.2) is 55.0 Å². The highest BCUT2D eigenvalue weighted by Crippen LogP contribution is 2.24. The minimum absolute atomic E-state index is 0.143. The van der Waals surface area contributed by atoms with E-state index in [1.807, 2.05) is 41.8 Å². The monoisotopic (exact) mass is 385 g/mol. The van der Waals surface area contributed by atoms with Crippen molar-refractivity contribution in [1.82, 2.24) is 34.8 Å². The highest BCUT2D eigenvalue weighted by atomic mass is 35.5. The van der Waals surface area contributed by atoms with Crippen LogP contribution in [0.4, 0.5) is 0 Å². The summed E-state index contributed by atoms with van der Waals surface area (Å²) in [6, 6.07) is 7.15.